The number of nitrogens with zero attached hydrogens (tertiary/aromatic N) is 2. The van der Waals surface area contributed by atoms with Crippen molar-refractivity contribution in [3.05, 3.63) is 22.1 Å². The summed E-state index contributed by atoms with van der Waals surface area (Å²) in [5.41, 5.74) is 1.55. The Kier molecular flexibility index (Phi) is 2.62. The summed E-state index contributed by atoms with van der Waals surface area (Å²) >= 11 is 0. The Bertz CT molecular complexity index is 424. The molecule has 16 heavy (non-hydrogen) atoms. The second-order valence-electron chi connectivity index (χ2n) is 5.20. The minimum atomic E-state index is 0.222. The summed E-state index contributed by atoms with van der Waals surface area (Å²) in [7, 11) is 0. The maximum atomic E-state index is 11.9. The molecule has 3 heteroatoms. The monoisotopic (exact) mass is 220 g/mol. The van der Waals surface area contributed by atoms with E-state index in [0.29, 0.717) is 5.92 Å². The molecule has 3 nitrogen and oxygen atoms in total. The molecule has 0 aromatic carbocycles. The lowest BCUT2D eigenvalue weighted by Gasteiger charge is -2.26. The lowest BCUT2D eigenvalue weighted by molar-refractivity contribution is 0.326. The van der Waals surface area contributed by atoms with E-state index in [4.69, 9.17) is 0 Å². The van der Waals surface area contributed by atoms with Gasteiger partial charge >= 0.3 is 0 Å². The van der Waals surface area contributed by atoms with E-state index in [0.717, 1.165) is 19.5 Å². The van der Waals surface area contributed by atoms with Crippen molar-refractivity contribution in [1.82, 2.24) is 9.36 Å². The first-order valence-corrected chi connectivity index (χ1v) is 6.67. The zero-order valence-corrected chi connectivity index (χ0v) is 9.82. The molecule has 0 unspecified atom stereocenters. The fraction of sp³-hybridized carbons (Fsp3) is 0.769. The van der Waals surface area contributed by atoms with Crippen LogP contribution in [0.1, 0.15) is 56.6 Å². The fourth-order valence-electron chi connectivity index (χ4n) is 3.26. The van der Waals surface area contributed by atoms with E-state index in [1.54, 1.807) is 0 Å². The normalized spacial score (nSPS) is 22.0. The summed E-state index contributed by atoms with van der Waals surface area (Å²) in [4.78, 5) is 11.9. The second kappa shape index (κ2) is 4.11. The molecule has 2 aliphatic rings. The van der Waals surface area contributed by atoms with E-state index in [9.17, 15) is 4.79 Å². The Balaban J connectivity index is 1.97. The van der Waals surface area contributed by atoms with Gasteiger partial charge in [-0.2, -0.15) is 0 Å². The minimum absolute atomic E-state index is 0.222. The molecule has 0 atom stereocenters. The molecule has 88 valence electrons. The van der Waals surface area contributed by atoms with Crippen molar-refractivity contribution in [1.29, 1.82) is 0 Å². The summed E-state index contributed by atoms with van der Waals surface area (Å²) < 4.78 is 4.22. The summed E-state index contributed by atoms with van der Waals surface area (Å²) in [5.74, 6) is 0.654. The molecule has 0 radical (unpaired) electrons. The number of aromatic nitrogens is 2. The smallest absolute Gasteiger partial charge is 0.266 e. The van der Waals surface area contributed by atoms with Gasteiger partial charge in [-0.25, -0.2) is 0 Å². The van der Waals surface area contributed by atoms with Crippen LogP contribution in [0, 0.1) is 0 Å². The van der Waals surface area contributed by atoms with Gasteiger partial charge in [0.1, 0.15) is 0 Å². The minimum Gasteiger partial charge on any atom is -0.286 e. The van der Waals surface area contributed by atoms with Crippen molar-refractivity contribution in [2.75, 3.05) is 0 Å². The summed E-state index contributed by atoms with van der Waals surface area (Å²) in [5, 5.41) is 0. The highest BCUT2D eigenvalue weighted by atomic mass is 16.1. The largest absolute Gasteiger partial charge is 0.286 e. The van der Waals surface area contributed by atoms with E-state index in [1.807, 2.05) is 10.7 Å². The number of rotatable bonds is 1. The van der Waals surface area contributed by atoms with Crippen LogP contribution < -0.4 is 5.56 Å². The van der Waals surface area contributed by atoms with Crippen LogP contribution in [0.15, 0.2) is 10.9 Å². The lowest BCUT2D eigenvalue weighted by Crippen LogP contribution is -2.28. The SMILES string of the molecule is O=c1cc(C2CCCCC2)n2n1CCCC2. The average Bonchev–Trinajstić information content (AvgIpc) is 2.69. The first-order chi connectivity index (χ1) is 7.86. The van der Waals surface area contributed by atoms with Crippen molar-refractivity contribution in [3.8, 4) is 0 Å². The maximum Gasteiger partial charge on any atom is 0.266 e. The molecule has 3 rings (SSSR count). The molecule has 1 aliphatic carbocycles. The summed E-state index contributed by atoms with van der Waals surface area (Å²) in [6.07, 6.45) is 9.00. The Morgan fingerprint density at radius 3 is 2.38 bits per heavy atom. The highest BCUT2D eigenvalue weighted by molar-refractivity contribution is 5.10. The van der Waals surface area contributed by atoms with Gasteiger partial charge in [-0.1, -0.05) is 19.3 Å². The summed E-state index contributed by atoms with van der Waals surface area (Å²) in [6, 6.07) is 1.90. The number of hydrogen-bond donors (Lipinski definition) is 0. The van der Waals surface area contributed by atoms with Gasteiger partial charge in [-0.15, -0.1) is 0 Å². The Labute approximate surface area is 96.0 Å². The van der Waals surface area contributed by atoms with Crippen molar-refractivity contribution in [2.45, 2.75) is 64.0 Å². The highest BCUT2D eigenvalue weighted by Gasteiger charge is 2.23. The van der Waals surface area contributed by atoms with Crippen LogP contribution in [0.5, 0.6) is 0 Å². The van der Waals surface area contributed by atoms with Gasteiger partial charge in [0, 0.05) is 30.8 Å². The number of fused-ring (bicyclic) bond motifs is 1. The molecule has 0 N–H and O–H groups in total. The van der Waals surface area contributed by atoms with Crippen LogP contribution in [0.2, 0.25) is 0 Å². The predicted octanol–water partition coefficient (Wildman–Crippen LogP) is 2.49. The van der Waals surface area contributed by atoms with Gasteiger partial charge in [-0.3, -0.25) is 14.2 Å². The van der Waals surface area contributed by atoms with Crippen LogP contribution in [0.25, 0.3) is 0 Å². The average molecular weight is 220 g/mol. The highest BCUT2D eigenvalue weighted by Crippen LogP contribution is 2.32. The van der Waals surface area contributed by atoms with Crippen LogP contribution in [0.3, 0.4) is 0 Å². The van der Waals surface area contributed by atoms with Gasteiger partial charge in [0.15, 0.2) is 0 Å². The van der Waals surface area contributed by atoms with Gasteiger partial charge in [0.2, 0.25) is 0 Å². The van der Waals surface area contributed by atoms with E-state index in [2.05, 4.69) is 4.68 Å². The molecule has 0 amide bonds. The first kappa shape index (κ1) is 10.2. The van der Waals surface area contributed by atoms with Crippen LogP contribution in [-0.2, 0) is 13.1 Å². The van der Waals surface area contributed by atoms with Crippen LogP contribution in [-0.4, -0.2) is 9.36 Å². The quantitative estimate of drug-likeness (QED) is 0.714. The second-order valence-corrected chi connectivity index (χ2v) is 5.20. The molecule has 1 fully saturated rings. The van der Waals surface area contributed by atoms with Crippen LogP contribution in [0.4, 0.5) is 0 Å². The lowest BCUT2D eigenvalue weighted by atomic mass is 9.87. The molecular formula is C13H20N2O. The fourth-order valence-corrected chi connectivity index (χ4v) is 3.26. The molecule has 0 spiro atoms. The third kappa shape index (κ3) is 1.62. The molecule has 0 saturated heterocycles. The van der Waals surface area contributed by atoms with E-state index < -0.39 is 0 Å². The van der Waals surface area contributed by atoms with E-state index in [-0.39, 0.29) is 5.56 Å². The van der Waals surface area contributed by atoms with Crippen molar-refractivity contribution in [2.24, 2.45) is 0 Å². The first-order valence-electron chi connectivity index (χ1n) is 6.67. The van der Waals surface area contributed by atoms with Gasteiger partial charge in [-0.05, 0) is 25.7 Å². The topological polar surface area (TPSA) is 26.9 Å². The Morgan fingerprint density at radius 2 is 1.62 bits per heavy atom. The molecule has 0 bridgehead atoms. The zero-order valence-electron chi connectivity index (χ0n) is 9.82. The maximum absolute atomic E-state index is 11.9. The van der Waals surface area contributed by atoms with Crippen molar-refractivity contribution in [3.63, 3.8) is 0 Å². The van der Waals surface area contributed by atoms with Gasteiger partial charge in [0.25, 0.3) is 5.56 Å². The molecule has 1 aromatic rings. The van der Waals surface area contributed by atoms with Crippen molar-refractivity contribution >= 4 is 0 Å². The molecule has 1 saturated carbocycles. The van der Waals surface area contributed by atoms with Gasteiger partial charge in [0.05, 0.1) is 0 Å². The van der Waals surface area contributed by atoms with E-state index >= 15 is 0 Å². The Hall–Kier alpha value is -0.990. The predicted molar refractivity (Wildman–Crippen MR) is 63.8 cm³/mol. The molecule has 1 aliphatic heterocycles. The third-order valence-electron chi connectivity index (χ3n) is 4.13. The standard InChI is InChI=1S/C13H20N2O/c16-13-10-12(11-6-2-1-3-7-11)14-8-4-5-9-15(13)14/h10-11H,1-9H2. The van der Waals surface area contributed by atoms with Crippen molar-refractivity contribution < 1.29 is 0 Å². The Morgan fingerprint density at radius 1 is 0.938 bits per heavy atom. The third-order valence-corrected chi connectivity index (χ3v) is 4.13. The van der Waals surface area contributed by atoms with Gasteiger partial charge < -0.3 is 0 Å². The zero-order chi connectivity index (χ0) is 11.0. The molecule has 2 heterocycles. The molecule has 1 aromatic heterocycles. The van der Waals surface area contributed by atoms with E-state index in [1.165, 1.54) is 44.2 Å². The van der Waals surface area contributed by atoms with Crippen LogP contribution >= 0.6 is 0 Å². The summed E-state index contributed by atoms with van der Waals surface area (Å²) in [6.45, 7) is 1.97. The molecular weight excluding hydrogens is 200 g/mol. The number of hydrogen-bond acceptors (Lipinski definition) is 1.